The average Bonchev–Trinajstić information content (AvgIpc) is 2.92. The number of hydrogen-bond donors (Lipinski definition) is 7. The van der Waals surface area contributed by atoms with Crippen LogP contribution in [-0.2, 0) is 19.2 Å². The Hall–Kier alpha value is -5.37. The number of fused-ring (bicyclic) bond motifs is 2. The van der Waals surface area contributed by atoms with E-state index in [-0.39, 0.29) is 11.6 Å². The van der Waals surface area contributed by atoms with Crippen LogP contribution in [0.1, 0.15) is 45.2 Å². The van der Waals surface area contributed by atoms with Crippen molar-refractivity contribution in [3.63, 3.8) is 0 Å². The van der Waals surface area contributed by atoms with Crippen molar-refractivity contribution in [1.29, 1.82) is 0 Å². The predicted molar refractivity (Wildman–Crippen MR) is 143 cm³/mol. The molecule has 0 saturated carbocycles. The van der Waals surface area contributed by atoms with Crippen molar-refractivity contribution >= 4 is 46.8 Å². The van der Waals surface area contributed by atoms with Crippen LogP contribution in [0.4, 0.5) is 11.4 Å². The van der Waals surface area contributed by atoms with Crippen LogP contribution in [0.25, 0.3) is 0 Å². The van der Waals surface area contributed by atoms with E-state index < -0.39 is 23.9 Å². The standard InChI is InChI=1S/C18H20N4O2.2C4H4O4/c1-2-7-21-13-3-4-14(22-9-6-19)16-15(13)17(23)11-5-8-20-10-12(11)18(16)24;2*5-3(6)1-2-4(7)8/h3-5,8,10,21-22H,2,6-7,9,19H2,1H3;2*1-2H,(H,5,6)(H,7,8)/b;2*2-1-. The molecule has 3 rings (SSSR count). The Kier molecular flexibility index (Phi) is 13.4. The summed E-state index contributed by atoms with van der Waals surface area (Å²) in [5, 5.41) is 37.6. The molecular formula is C26H28N4O10. The Morgan fingerprint density at radius 2 is 1.18 bits per heavy atom. The molecule has 14 nitrogen and oxygen atoms in total. The Morgan fingerprint density at radius 3 is 1.57 bits per heavy atom. The molecule has 0 aliphatic heterocycles. The normalized spacial score (nSPS) is 11.3. The zero-order valence-corrected chi connectivity index (χ0v) is 21.3. The summed E-state index contributed by atoms with van der Waals surface area (Å²) >= 11 is 0. The zero-order chi connectivity index (χ0) is 30.2. The van der Waals surface area contributed by atoms with Gasteiger partial charge in [-0.1, -0.05) is 6.92 Å². The van der Waals surface area contributed by atoms with Gasteiger partial charge in [0.1, 0.15) is 0 Å². The van der Waals surface area contributed by atoms with Gasteiger partial charge in [0, 0.05) is 73.3 Å². The number of ketones is 2. The number of carboxylic acids is 4. The van der Waals surface area contributed by atoms with E-state index in [0.717, 1.165) is 13.0 Å². The van der Waals surface area contributed by atoms with Gasteiger partial charge in [-0.15, -0.1) is 0 Å². The molecule has 1 heterocycles. The summed E-state index contributed by atoms with van der Waals surface area (Å²) in [5.74, 6) is -5.37. The van der Waals surface area contributed by atoms with Crippen LogP contribution in [0.3, 0.4) is 0 Å². The minimum Gasteiger partial charge on any atom is -0.478 e. The van der Waals surface area contributed by atoms with Crippen LogP contribution in [0.5, 0.6) is 0 Å². The SMILES string of the molecule is CCCNc1ccc(NCCN)c2c1C(=O)c1ccncc1C2=O.O=C(O)/C=C\C(=O)O.O=C(O)/C=C\C(=O)O. The number of pyridine rings is 1. The molecule has 0 spiro atoms. The van der Waals surface area contributed by atoms with Gasteiger partial charge < -0.3 is 36.8 Å². The molecular weight excluding hydrogens is 528 g/mol. The average molecular weight is 557 g/mol. The van der Waals surface area contributed by atoms with E-state index in [1.54, 1.807) is 6.07 Å². The van der Waals surface area contributed by atoms with Crippen molar-refractivity contribution < 1.29 is 49.2 Å². The molecule has 0 saturated heterocycles. The first kappa shape index (κ1) is 32.7. The van der Waals surface area contributed by atoms with Crippen LogP contribution in [0.2, 0.25) is 0 Å². The molecule has 0 atom stereocenters. The fourth-order valence-corrected chi connectivity index (χ4v) is 3.16. The summed E-state index contributed by atoms with van der Waals surface area (Å²) in [7, 11) is 0. The molecule has 0 amide bonds. The fraction of sp³-hybridized carbons (Fsp3) is 0.192. The van der Waals surface area contributed by atoms with E-state index in [0.29, 0.717) is 71.0 Å². The first-order chi connectivity index (χ1) is 18.9. The summed E-state index contributed by atoms with van der Waals surface area (Å²) in [6.45, 7) is 3.73. The summed E-state index contributed by atoms with van der Waals surface area (Å²) < 4.78 is 0. The van der Waals surface area contributed by atoms with Crippen LogP contribution < -0.4 is 16.4 Å². The molecule has 212 valence electrons. The third-order valence-electron chi connectivity index (χ3n) is 4.73. The second kappa shape index (κ2) is 16.5. The minimum absolute atomic E-state index is 0.156. The number of hydrogen-bond acceptors (Lipinski definition) is 10. The summed E-state index contributed by atoms with van der Waals surface area (Å²) in [6, 6.07) is 5.26. The van der Waals surface area contributed by atoms with Crippen LogP contribution in [0, 0.1) is 0 Å². The first-order valence-corrected chi connectivity index (χ1v) is 11.6. The molecule has 40 heavy (non-hydrogen) atoms. The summed E-state index contributed by atoms with van der Waals surface area (Å²) in [4.78, 5) is 68.2. The Balaban J connectivity index is 0.000000412. The molecule has 1 aromatic carbocycles. The monoisotopic (exact) mass is 556 g/mol. The largest absolute Gasteiger partial charge is 0.478 e. The van der Waals surface area contributed by atoms with Gasteiger partial charge in [-0.2, -0.15) is 0 Å². The molecule has 0 bridgehead atoms. The third kappa shape index (κ3) is 10.2. The van der Waals surface area contributed by atoms with Gasteiger partial charge in [0.2, 0.25) is 0 Å². The number of nitrogens with two attached hydrogens (primary N) is 1. The van der Waals surface area contributed by atoms with Gasteiger partial charge in [-0.05, 0) is 24.6 Å². The van der Waals surface area contributed by atoms with E-state index in [2.05, 4.69) is 15.6 Å². The van der Waals surface area contributed by atoms with E-state index in [1.807, 2.05) is 19.1 Å². The van der Waals surface area contributed by atoms with Crippen molar-refractivity contribution in [3.8, 4) is 0 Å². The van der Waals surface area contributed by atoms with Gasteiger partial charge >= 0.3 is 23.9 Å². The number of aromatic nitrogens is 1. The number of aliphatic carboxylic acids is 4. The number of carbonyl (C=O) groups is 6. The number of rotatable bonds is 10. The molecule has 0 radical (unpaired) electrons. The number of benzene rings is 1. The number of nitrogens with zero attached hydrogens (tertiary/aromatic N) is 1. The molecule has 14 heteroatoms. The maximum atomic E-state index is 13.0. The Labute approximate surface area is 227 Å². The van der Waals surface area contributed by atoms with Crippen molar-refractivity contribution in [2.24, 2.45) is 5.73 Å². The van der Waals surface area contributed by atoms with Crippen molar-refractivity contribution in [2.75, 3.05) is 30.3 Å². The number of carbonyl (C=O) groups excluding carboxylic acids is 2. The molecule has 0 fully saturated rings. The van der Waals surface area contributed by atoms with E-state index in [9.17, 15) is 28.8 Å². The first-order valence-electron chi connectivity index (χ1n) is 11.6. The zero-order valence-electron chi connectivity index (χ0n) is 21.3. The van der Waals surface area contributed by atoms with Gasteiger partial charge in [0.05, 0.1) is 16.7 Å². The molecule has 1 aliphatic rings. The molecule has 1 aromatic heterocycles. The molecule has 1 aliphatic carbocycles. The molecule has 2 aromatic rings. The number of anilines is 2. The van der Waals surface area contributed by atoms with Crippen molar-refractivity contribution in [3.05, 3.63) is 77.2 Å². The van der Waals surface area contributed by atoms with Crippen LogP contribution >= 0.6 is 0 Å². The molecule has 8 N–H and O–H groups in total. The predicted octanol–water partition coefficient (Wildman–Crippen LogP) is 1.47. The second-order valence-corrected chi connectivity index (χ2v) is 7.65. The van der Waals surface area contributed by atoms with E-state index in [4.69, 9.17) is 26.2 Å². The highest BCUT2D eigenvalue weighted by Gasteiger charge is 2.34. The Morgan fingerprint density at radius 1 is 0.750 bits per heavy atom. The smallest absolute Gasteiger partial charge is 0.328 e. The number of nitrogens with one attached hydrogen (secondary N) is 2. The lowest BCUT2D eigenvalue weighted by atomic mass is 9.83. The lowest BCUT2D eigenvalue weighted by Gasteiger charge is -2.23. The lowest BCUT2D eigenvalue weighted by molar-refractivity contribution is -0.134. The highest BCUT2D eigenvalue weighted by atomic mass is 16.4. The van der Waals surface area contributed by atoms with Crippen molar-refractivity contribution in [1.82, 2.24) is 4.98 Å². The van der Waals surface area contributed by atoms with E-state index >= 15 is 0 Å². The maximum Gasteiger partial charge on any atom is 0.328 e. The molecule has 0 unspecified atom stereocenters. The number of carboxylic acid groups (broad SMARTS) is 4. The van der Waals surface area contributed by atoms with Gasteiger partial charge in [-0.3, -0.25) is 14.6 Å². The van der Waals surface area contributed by atoms with E-state index in [1.165, 1.54) is 12.4 Å². The van der Waals surface area contributed by atoms with Gasteiger partial charge in [0.25, 0.3) is 0 Å². The summed E-state index contributed by atoms with van der Waals surface area (Å²) in [6.07, 6.45) is 6.14. The Bertz CT molecular complexity index is 1200. The third-order valence-corrected chi connectivity index (χ3v) is 4.73. The quantitative estimate of drug-likeness (QED) is 0.175. The lowest BCUT2D eigenvalue weighted by Crippen LogP contribution is -2.25. The fourth-order valence-electron chi connectivity index (χ4n) is 3.16. The summed E-state index contributed by atoms with van der Waals surface area (Å²) in [5.41, 5.74) is 8.44. The topological polar surface area (TPSA) is 246 Å². The second-order valence-electron chi connectivity index (χ2n) is 7.65. The van der Waals surface area contributed by atoms with Gasteiger partial charge in [-0.25, -0.2) is 19.2 Å². The van der Waals surface area contributed by atoms with Crippen molar-refractivity contribution in [2.45, 2.75) is 13.3 Å². The maximum absolute atomic E-state index is 13.0. The van der Waals surface area contributed by atoms with Gasteiger partial charge in [0.15, 0.2) is 11.6 Å². The highest BCUT2D eigenvalue weighted by molar-refractivity contribution is 6.31. The highest BCUT2D eigenvalue weighted by Crippen LogP contribution is 2.36. The van der Waals surface area contributed by atoms with Crippen LogP contribution in [0.15, 0.2) is 54.9 Å². The minimum atomic E-state index is -1.26. The van der Waals surface area contributed by atoms with Crippen LogP contribution in [-0.4, -0.2) is 80.5 Å².